The standard InChI is InChI=1S/C14H22N2O5S/c1-19-10-6-12(20-2)14(13(7-10)21-3)22(17,18)16-8-11(15)9-4-5-9/h6-7,9,11,16H,4-5,8,15H2,1-3H3. The van der Waals surface area contributed by atoms with Gasteiger partial charge in [-0.15, -0.1) is 0 Å². The predicted molar refractivity (Wildman–Crippen MR) is 82.0 cm³/mol. The highest BCUT2D eigenvalue weighted by Gasteiger charge is 2.31. The molecule has 0 amide bonds. The summed E-state index contributed by atoms with van der Waals surface area (Å²) in [5.41, 5.74) is 5.94. The maximum Gasteiger partial charge on any atom is 0.248 e. The van der Waals surface area contributed by atoms with E-state index in [0.717, 1.165) is 12.8 Å². The first kappa shape index (κ1) is 16.9. The van der Waals surface area contributed by atoms with Crippen LogP contribution in [0.1, 0.15) is 12.8 Å². The minimum absolute atomic E-state index is 0.0544. The lowest BCUT2D eigenvalue weighted by Crippen LogP contribution is -2.38. The molecule has 0 spiro atoms. The molecule has 1 aliphatic rings. The van der Waals surface area contributed by atoms with Crippen LogP contribution in [0.25, 0.3) is 0 Å². The Morgan fingerprint density at radius 2 is 1.73 bits per heavy atom. The molecule has 2 rings (SSSR count). The lowest BCUT2D eigenvalue weighted by Gasteiger charge is -2.17. The van der Waals surface area contributed by atoms with Crippen molar-refractivity contribution in [2.45, 2.75) is 23.8 Å². The van der Waals surface area contributed by atoms with E-state index in [4.69, 9.17) is 19.9 Å². The van der Waals surface area contributed by atoms with Crippen LogP contribution in [0.5, 0.6) is 17.2 Å². The van der Waals surface area contributed by atoms with Crippen molar-refractivity contribution >= 4 is 10.0 Å². The zero-order valence-electron chi connectivity index (χ0n) is 13.0. The molecule has 1 fully saturated rings. The van der Waals surface area contributed by atoms with Crippen LogP contribution in [0, 0.1) is 5.92 Å². The zero-order chi connectivity index (χ0) is 16.3. The van der Waals surface area contributed by atoms with Crippen LogP contribution in [0.2, 0.25) is 0 Å². The average Bonchev–Trinajstić information content (AvgIpc) is 3.35. The number of hydrogen-bond acceptors (Lipinski definition) is 6. The maximum atomic E-state index is 12.6. The van der Waals surface area contributed by atoms with E-state index in [1.54, 1.807) is 0 Å². The normalized spacial score (nSPS) is 16.2. The Morgan fingerprint density at radius 3 is 2.14 bits per heavy atom. The van der Waals surface area contributed by atoms with Crippen LogP contribution in [0.4, 0.5) is 0 Å². The van der Waals surface area contributed by atoms with Gasteiger partial charge in [0.1, 0.15) is 17.2 Å². The van der Waals surface area contributed by atoms with Crippen LogP contribution in [-0.2, 0) is 10.0 Å². The van der Waals surface area contributed by atoms with Gasteiger partial charge < -0.3 is 19.9 Å². The van der Waals surface area contributed by atoms with Gasteiger partial charge in [-0.1, -0.05) is 0 Å². The smallest absolute Gasteiger partial charge is 0.248 e. The van der Waals surface area contributed by atoms with E-state index in [-0.39, 0.29) is 29.0 Å². The molecule has 0 aromatic heterocycles. The Kier molecular flexibility index (Phi) is 5.15. The van der Waals surface area contributed by atoms with Gasteiger partial charge in [-0.3, -0.25) is 0 Å². The van der Waals surface area contributed by atoms with E-state index in [1.807, 2.05) is 0 Å². The topological polar surface area (TPSA) is 99.9 Å². The van der Waals surface area contributed by atoms with Crippen molar-refractivity contribution < 1.29 is 22.6 Å². The summed E-state index contributed by atoms with van der Waals surface area (Å²) in [5, 5.41) is 0. The van der Waals surface area contributed by atoms with Crippen molar-refractivity contribution in [1.82, 2.24) is 4.72 Å². The SMILES string of the molecule is COc1cc(OC)c(S(=O)(=O)NCC(N)C2CC2)c(OC)c1. The van der Waals surface area contributed by atoms with E-state index in [0.29, 0.717) is 11.7 Å². The van der Waals surface area contributed by atoms with Crippen molar-refractivity contribution in [1.29, 1.82) is 0 Å². The van der Waals surface area contributed by atoms with Crippen molar-refractivity contribution in [2.24, 2.45) is 11.7 Å². The molecular weight excluding hydrogens is 308 g/mol. The first-order valence-electron chi connectivity index (χ1n) is 6.98. The molecule has 22 heavy (non-hydrogen) atoms. The highest BCUT2D eigenvalue weighted by atomic mass is 32.2. The monoisotopic (exact) mass is 330 g/mol. The second kappa shape index (κ2) is 6.72. The molecule has 1 saturated carbocycles. The number of sulfonamides is 1. The molecule has 0 radical (unpaired) electrons. The number of rotatable bonds is 8. The van der Waals surface area contributed by atoms with Gasteiger partial charge >= 0.3 is 0 Å². The van der Waals surface area contributed by atoms with Crippen molar-refractivity contribution in [3.05, 3.63) is 12.1 Å². The molecule has 1 unspecified atom stereocenters. The Morgan fingerprint density at radius 1 is 1.18 bits per heavy atom. The summed E-state index contributed by atoms with van der Waals surface area (Å²) in [6.45, 7) is 0.186. The molecule has 1 atom stereocenters. The quantitative estimate of drug-likeness (QED) is 0.729. The van der Waals surface area contributed by atoms with Gasteiger partial charge in [0, 0.05) is 24.7 Å². The van der Waals surface area contributed by atoms with Crippen LogP contribution < -0.4 is 24.7 Å². The second-order valence-electron chi connectivity index (χ2n) is 5.21. The summed E-state index contributed by atoms with van der Waals surface area (Å²) >= 11 is 0. The summed E-state index contributed by atoms with van der Waals surface area (Å²) in [5.74, 6) is 1.16. The molecule has 8 heteroatoms. The molecule has 1 aromatic rings. The number of benzene rings is 1. The highest BCUT2D eigenvalue weighted by molar-refractivity contribution is 7.89. The van der Waals surface area contributed by atoms with E-state index >= 15 is 0 Å². The minimum atomic E-state index is -3.81. The van der Waals surface area contributed by atoms with Crippen molar-refractivity contribution in [2.75, 3.05) is 27.9 Å². The van der Waals surface area contributed by atoms with Gasteiger partial charge in [0.25, 0.3) is 0 Å². The third-order valence-electron chi connectivity index (χ3n) is 3.68. The predicted octanol–water partition coefficient (Wildman–Crippen LogP) is 0.728. The molecular formula is C14H22N2O5S. The third-order valence-corrected chi connectivity index (χ3v) is 5.16. The summed E-state index contributed by atoms with van der Waals surface area (Å²) < 4.78 is 43.1. The Labute approximate surface area is 130 Å². The lowest BCUT2D eigenvalue weighted by atomic mass is 10.2. The van der Waals surface area contributed by atoms with Gasteiger partial charge in [0.2, 0.25) is 10.0 Å². The molecule has 7 nitrogen and oxygen atoms in total. The molecule has 0 heterocycles. The van der Waals surface area contributed by atoms with Gasteiger partial charge in [-0.25, -0.2) is 13.1 Å². The first-order valence-corrected chi connectivity index (χ1v) is 8.46. The van der Waals surface area contributed by atoms with Crippen LogP contribution >= 0.6 is 0 Å². The Hall–Kier alpha value is -1.51. The highest BCUT2D eigenvalue weighted by Crippen LogP contribution is 2.37. The molecule has 1 aliphatic carbocycles. The van der Waals surface area contributed by atoms with Gasteiger partial charge in [0.05, 0.1) is 21.3 Å². The van der Waals surface area contributed by atoms with Crippen molar-refractivity contribution in [3.8, 4) is 17.2 Å². The van der Waals surface area contributed by atoms with E-state index in [1.165, 1.54) is 33.5 Å². The van der Waals surface area contributed by atoms with E-state index < -0.39 is 10.0 Å². The Bertz CT molecular complexity index is 603. The fourth-order valence-corrected chi connectivity index (χ4v) is 3.58. The molecule has 1 aromatic carbocycles. The summed E-state index contributed by atoms with van der Waals surface area (Å²) in [6.07, 6.45) is 2.11. The molecule has 0 saturated heterocycles. The second-order valence-corrected chi connectivity index (χ2v) is 6.92. The van der Waals surface area contributed by atoms with Gasteiger partial charge in [-0.05, 0) is 18.8 Å². The molecule has 124 valence electrons. The number of hydrogen-bond donors (Lipinski definition) is 2. The van der Waals surface area contributed by atoms with Crippen LogP contribution in [0.15, 0.2) is 17.0 Å². The number of nitrogens with two attached hydrogens (primary N) is 1. The minimum Gasteiger partial charge on any atom is -0.496 e. The average molecular weight is 330 g/mol. The fraction of sp³-hybridized carbons (Fsp3) is 0.571. The Balaban J connectivity index is 2.31. The fourth-order valence-electron chi connectivity index (χ4n) is 2.21. The molecule has 0 bridgehead atoms. The van der Waals surface area contributed by atoms with Gasteiger partial charge in [0.15, 0.2) is 4.90 Å². The number of nitrogens with one attached hydrogen (secondary N) is 1. The number of methoxy groups -OCH3 is 3. The maximum absolute atomic E-state index is 12.6. The van der Waals surface area contributed by atoms with E-state index in [9.17, 15) is 8.42 Å². The molecule has 0 aliphatic heterocycles. The zero-order valence-corrected chi connectivity index (χ0v) is 13.8. The summed E-state index contributed by atoms with van der Waals surface area (Å²) in [7, 11) is 0.458. The first-order chi connectivity index (χ1) is 10.4. The van der Waals surface area contributed by atoms with Crippen LogP contribution in [0.3, 0.4) is 0 Å². The molecule has 3 N–H and O–H groups in total. The van der Waals surface area contributed by atoms with Crippen molar-refractivity contribution in [3.63, 3.8) is 0 Å². The lowest BCUT2D eigenvalue weighted by molar-refractivity contribution is 0.358. The summed E-state index contributed by atoms with van der Waals surface area (Å²) in [4.78, 5) is -0.0544. The van der Waals surface area contributed by atoms with Crippen LogP contribution in [-0.4, -0.2) is 42.3 Å². The summed E-state index contributed by atoms with van der Waals surface area (Å²) in [6, 6.07) is 2.82. The number of ether oxygens (including phenoxy) is 3. The third kappa shape index (κ3) is 3.63. The van der Waals surface area contributed by atoms with E-state index in [2.05, 4.69) is 4.72 Å². The van der Waals surface area contributed by atoms with Gasteiger partial charge in [-0.2, -0.15) is 0 Å². The largest absolute Gasteiger partial charge is 0.496 e.